The molecule has 24 heavy (non-hydrogen) atoms. The normalized spacial score (nSPS) is 19.2. The smallest absolute Gasteiger partial charge is 0.188 e. The van der Waals surface area contributed by atoms with Gasteiger partial charge in [-0.3, -0.25) is 9.89 Å². The molecule has 1 aromatic rings. The summed E-state index contributed by atoms with van der Waals surface area (Å²) in [5.74, 6) is 0.251. The molecule has 1 aromatic carbocycles. The summed E-state index contributed by atoms with van der Waals surface area (Å²) in [6, 6.07) is 7.39. The lowest BCUT2D eigenvalue weighted by Gasteiger charge is -2.25. The van der Waals surface area contributed by atoms with Crippen LogP contribution in [0.25, 0.3) is 0 Å². The van der Waals surface area contributed by atoms with Crippen molar-refractivity contribution in [2.75, 3.05) is 26.2 Å². The van der Waals surface area contributed by atoms with Gasteiger partial charge in [0.15, 0.2) is 5.96 Å². The van der Waals surface area contributed by atoms with E-state index in [1.165, 1.54) is 25.5 Å². The molecule has 6 heteroatoms. The van der Waals surface area contributed by atoms with Crippen molar-refractivity contribution in [2.24, 2.45) is 10.7 Å². The quantitative estimate of drug-likeness (QED) is 0.400. The van der Waals surface area contributed by atoms with Crippen molar-refractivity contribution in [3.8, 4) is 0 Å². The summed E-state index contributed by atoms with van der Waals surface area (Å²) in [5, 5.41) is 3.22. The molecule has 136 valence electrons. The topological polar surface area (TPSA) is 53.6 Å². The van der Waals surface area contributed by atoms with Crippen molar-refractivity contribution in [3.63, 3.8) is 0 Å². The predicted molar refractivity (Wildman–Crippen MR) is 110 cm³/mol. The van der Waals surface area contributed by atoms with Crippen LogP contribution >= 0.6 is 24.0 Å². The van der Waals surface area contributed by atoms with E-state index in [0.29, 0.717) is 24.1 Å². The summed E-state index contributed by atoms with van der Waals surface area (Å²) in [5.41, 5.74) is 6.27. The summed E-state index contributed by atoms with van der Waals surface area (Å²) in [6.45, 7) is 9.67. The molecule has 1 unspecified atom stereocenters. The fourth-order valence-electron chi connectivity index (χ4n) is 3.20. The van der Waals surface area contributed by atoms with Crippen molar-refractivity contribution in [1.82, 2.24) is 10.2 Å². The lowest BCUT2D eigenvalue weighted by Crippen LogP contribution is -2.43. The molecule has 0 bridgehead atoms. The van der Waals surface area contributed by atoms with Crippen LogP contribution in [0, 0.1) is 5.82 Å². The van der Waals surface area contributed by atoms with Crippen LogP contribution in [0.1, 0.15) is 39.2 Å². The Kier molecular flexibility index (Phi) is 8.42. The van der Waals surface area contributed by atoms with Gasteiger partial charge in [-0.15, -0.1) is 24.0 Å². The third kappa shape index (κ3) is 5.58. The number of halogens is 2. The summed E-state index contributed by atoms with van der Waals surface area (Å²) in [4.78, 5) is 6.89. The minimum atomic E-state index is -0.388. The third-order valence-electron chi connectivity index (χ3n) is 4.67. The maximum absolute atomic E-state index is 13.9. The number of guanidine groups is 1. The first-order valence-electron chi connectivity index (χ1n) is 8.47. The Labute approximate surface area is 162 Å². The largest absolute Gasteiger partial charge is 0.370 e. The number of likely N-dealkylation sites (N-methyl/N-ethyl adjacent to an activating group) is 1. The molecule has 2 rings (SSSR count). The van der Waals surface area contributed by atoms with Crippen molar-refractivity contribution in [1.29, 1.82) is 0 Å². The van der Waals surface area contributed by atoms with Gasteiger partial charge in [0, 0.05) is 18.0 Å². The van der Waals surface area contributed by atoms with Crippen LogP contribution in [-0.4, -0.2) is 43.1 Å². The standard InChI is InChI=1S/C18H29FN4.HI/c1-4-23-11-7-8-14(23)12-21-17(20)22-13-18(2,3)15-9-5-6-10-16(15)19;/h5-6,9-10,14H,4,7-8,11-13H2,1-3H3,(H3,20,21,22);1H. The summed E-state index contributed by atoms with van der Waals surface area (Å²) in [7, 11) is 0. The molecular weight excluding hydrogens is 418 g/mol. The number of hydrogen-bond donors (Lipinski definition) is 2. The zero-order valence-electron chi connectivity index (χ0n) is 14.9. The summed E-state index contributed by atoms with van der Waals surface area (Å²) >= 11 is 0. The lowest BCUT2D eigenvalue weighted by atomic mass is 9.84. The minimum absolute atomic E-state index is 0. The Morgan fingerprint density at radius 1 is 1.42 bits per heavy atom. The van der Waals surface area contributed by atoms with Gasteiger partial charge in [-0.25, -0.2) is 4.39 Å². The Hall–Kier alpha value is -0.890. The monoisotopic (exact) mass is 448 g/mol. The molecule has 1 heterocycles. The zero-order valence-corrected chi connectivity index (χ0v) is 17.2. The first-order valence-corrected chi connectivity index (χ1v) is 8.47. The van der Waals surface area contributed by atoms with Crippen LogP contribution in [0.5, 0.6) is 0 Å². The molecule has 1 saturated heterocycles. The average Bonchev–Trinajstić information content (AvgIpc) is 2.99. The first kappa shape index (κ1) is 21.2. The van der Waals surface area contributed by atoms with Crippen LogP contribution in [0.3, 0.4) is 0 Å². The maximum atomic E-state index is 13.9. The Morgan fingerprint density at radius 2 is 2.12 bits per heavy atom. The lowest BCUT2D eigenvalue weighted by molar-refractivity contribution is 0.267. The highest BCUT2D eigenvalue weighted by molar-refractivity contribution is 14.0. The van der Waals surface area contributed by atoms with Crippen LogP contribution in [-0.2, 0) is 5.41 Å². The minimum Gasteiger partial charge on any atom is -0.370 e. The molecule has 0 spiro atoms. The highest BCUT2D eigenvalue weighted by atomic mass is 127. The third-order valence-corrected chi connectivity index (χ3v) is 4.67. The number of hydrogen-bond acceptors (Lipinski definition) is 2. The maximum Gasteiger partial charge on any atom is 0.188 e. The number of benzene rings is 1. The average molecular weight is 448 g/mol. The predicted octanol–water partition coefficient (Wildman–Crippen LogP) is 3.11. The fraction of sp³-hybridized carbons (Fsp3) is 0.611. The molecule has 0 radical (unpaired) electrons. The van der Waals surface area contributed by atoms with Crippen LogP contribution < -0.4 is 11.1 Å². The van der Waals surface area contributed by atoms with Gasteiger partial charge in [0.1, 0.15) is 5.82 Å². The van der Waals surface area contributed by atoms with E-state index in [0.717, 1.165) is 13.1 Å². The summed E-state index contributed by atoms with van der Waals surface area (Å²) in [6.07, 6.45) is 2.45. The highest BCUT2D eigenvalue weighted by Gasteiger charge is 2.24. The molecule has 1 aliphatic rings. The Bertz CT molecular complexity index is 548. The second-order valence-electron chi connectivity index (χ2n) is 6.87. The number of likely N-dealkylation sites (tertiary alicyclic amines) is 1. The number of nitrogens with zero attached hydrogens (tertiary/aromatic N) is 2. The molecule has 3 N–H and O–H groups in total. The molecule has 0 amide bonds. The van der Waals surface area contributed by atoms with Crippen molar-refractivity contribution >= 4 is 29.9 Å². The zero-order chi connectivity index (χ0) is 16.9. The molecule has 1 fully saturated rings. The Balaban J connectivity index is 0.00000288. The van der Waals surface area contributed by atoms with Crippen LogP contribution in [0.15, 0.2) is 29.3 Å². The second kappa shape index (κ2) is 9.56. The van der Waals surface area contributed by atoms with E-state index in [1.54, 1.807) is 6.07 Å². The Morgan fingerprint density at radius 3 is 2.79 bits per heavy atom. The van der Waals surface area contributed by atoms with E-state index in [1.807, 2.05) is 26.0 Å². The van der Waals surface area contributed by atoms with Gasteiger partial charge < -0.3 is 11.1 Å². The van der Waals surface area contributed by atoms with Gasteiger partial charge >= 0.3 is 0 Å². The molecule has 0 aromatic heterocycles. The van der Waals surface area contributed by atoms with Gasteiger partial charge in [-0.05, 0) is 37.6 Å². The van der Waals surface area contributed by atoms with Gasteiger partial charge in [0.25, 0.3) is 0 Å². The van der Waals surface area contributed by atoms with Gasteiger partial charge in [-0.2, -0.15) is 0 Å². The molecule has 0 saturated carbocycles. The fourth-order valence-corrected chi connectivity index (χ4v) is 3.20. The molecule has 4 nitrogen and oxygen atoms in total. The highest BCUT2D eigenvalue weighted by Crippen LogP contribution is 2.25. The molecular formula is C18H30FIN4. The van der Waals surface area contributed by atoms with Crippen molar-refractivity contribution in [2.45, 2.75) is 45.1 Å². The van der Waals surface area contributed by atoms with E-state index in [2.05, 4.69) is 22.1 Å². The van der Waals surface area contributed by atoms with E-state index in [4.69, 9.17) is 5.73 Å². The van der Waals surface area contributed by atoms with Crippen molar-refractivity contribution in [3.05, 3.63) is 35.6 Å². The SMILES string of the molecule is CCN1CCCC1CNC(N)=NCC(C)(C)c1ccccc1F.I. The van der Waals surface area contributed by atoms with Crippen LogP contribution in [0.4, 0.5) is 4.39 Å². The van der Waals surface area contributed by atoms with Gasteiger partial charge in [-0.1, -0.05) is 39.0 Å². The second-order valence-corrected chi connectivity index (χ2v) is 6.87. The van der Waals surface area contributed by atoms with E-state index in [9.17, 15) is 4.39 Å². The van der Waals surface area contributed by atoms with Gasteiger partial charge in [0.2, 0.25) is 0 Å². The molecule has 1 aliphatic heterocycles. The number of aliphatic imine (C=N–C) groups is 1. The van der Waals surface area contributed by atoms with Gasteiger partial charge in [0.05, 0.1) is 6.54 Å². The number of nitrogens with two attached hydrogens (primary N) is 1. The van der Waals surface area contributed by atoms with E-state index in [-0.39, 0.29) is 35.2 Å². The summed E-state index contributed by atoms with van der Waals surface area (Å²) < 4.78 is 13.9. The van der Waals surface area contributed by atoms with Crippen LogP contribution in [0.2, 0.25) is 0 Å². The first-order chi connectivity index (χ1) is 10.9. The number of rotatable bonds is 6. The number of nitrogens with one attached hydrogen (secondary N) is 1. The van der Waals surface area contributed by atoms with E-state index >= 15 is 0 Å². The molecule has 0 aliphatic carbocycles. The van der Waals surface area contributed by atoms with Crippen molar-refractivity contribution < 1.29 is 4.39 Å². The molecule has 1 atom stereocenters. The van der Waals surface area contributed by atoms with E-state index < -0.39 is 0 Å².